The number of hydrogen-bond donors (Lipinski definition) is 0. The minimum atomic E-state index is -1.38. The van der Waals surface area contributed by atoms with Crippen LogP contribution in [0.2, 0.25) is 24.2 Å². The van der Waals surface area contributed by atoms with E-state index in [1.165, 1.54) is 51.4 Å². The summed E-state index contributed by atoms with van der Waals surface area (Å²) in [6.07, 6.45) is 26.6. The smallest absolute Gasteiger partial charge is 0.0703 e. The number of allylic oxidation sites excluding steroid dienone is 8. The second-order valence-corrected chi connectivity index (χ2v) is 13.8. The Morgan fingerprint density at radius 1 is 0.826 bits per heavy atom. The molecule has 0 nitrogen and oxygen atoms in total. The van der Waals surface area contributed by atoms with Crippen molar-refractivity contribution in [1.29, 1.82) is 0 Å². The molecular weight excluding hydrogens is 292 g/mol. The lowest BCUT2D eigenvalue weighted by Crippen LogP contribution is -2.37. The quantitative estimate of drug-likeness (QED) is 0.498. The Morgan fingerprint density at radius 3 is 2.00 bits per heavy atom. The summed E-state index contributed by atoms with van der Waals surface area (Å²) in [5.74, 6) is 1.78. The maximum absolute atomic E-state index is 2.76. The van der Waals surface area contributed by atoms with Crippen LogP contribution in [0.3, 0.4) is 0 Å². The van der Waals surface area contributed by atoms with Crippen LogP contribution < -0.4 is 0 Å². The average Bonchev–Trinajstić information content (AvgIpc) is 3.36. The van der Waals surface area contributed by atoms with Crippen LogP contribution in [0, 0.1) is 11.8 Å². The third kappa shape index (κ3) is 2.86. The van der Waals surface area contributed by atoms with Crippen LogP contribution in [0.5, 0.6) is 0 Å². The second kappa shape index (κ2) is 6.24. The van der Waals surface area contributed by atoms with Gasteiger partial charge in [-0.25, -0.2) is 0 Å². The van der Waals surface area contributed by atoms with Crippen LogP contribution in [0.15, 0.2) is 47.6 Å². The van der Waals surface area contributed by atoms with Crippen molar-refractivity contribution in [3.05, 3.63) is 47.6 Å². The normalized spacial score (nSPS) is 29.7. The number of rotatable bonds is 4. The number of hydrogen-bond acceptors (Lipinski definition) is 0. The highest BCUT2D eigenvalue weighted by Gasteiger charge is 2.43. The fourth-order valence-corrected chi connectivity index (χ4v) is 8.97. The Labute approximate surface area is 143 Å². The van der Waals surface area contributed by atoms with Crippen LogP contribution in [0.25, 0.3) is 0 Å². The SMILES string of the molecule is C[Si](C)(C1C=CC=C1)C1C=C(C2CCCC2)C=C1C1CCCC1. The fraction of sp³-hybridized carbons (Fsp3) is 0.636. The fourth-order valence-electron chi connectivity index (χ4n) is 5.54. The third-order valence-electron chi connectivity index (χ3n) is 7.11. The minimum absolute atomic E-state index is 0.733. The van der Waals surface area contributed by atoms with Crippen LogP contribution in [0.4, 0.5) is 0 Å². The Bertz CT molecular complexity index is 551. The van der Waals surface area contributed by atoms with Crippen LogP contribution >= 0.6 is 0 Å². The highest BCUT2D eigenvalue weighted by molar-refractivity contribution is 6.82. The molecule has 4 aliphatic carbocycles. The molecule has 0 aromatic rings. The Hall–Kier alpha value is -0.823. The maximum Gasteiger partial charge on any atom is 0.0703 e. The van der Waals surface area contributed by atoms with Crippen molar-refractivity contribution >= 4 is 8.07 Å². The van der Waals surface area contributed by atoms with Crippen molar-refractivity contribution in [2.24, 2.45) is 11.8 Å². The van der Waals surface area contributed by atoms with E-state index in [4.69, 9.17) is 0 Å². The first-order valence-corrected chi connectivity index (χ1v) is 13.1. The summed E-state index contributed by atoms with van der Waals surface area (Å²) in [4.78, 5) is 0. The molecule has 0 spiro atoms. The summed E-state index contributed by atoms with van der Waals surface area (Å²) < 4.78 is 0. The van der Waals surface area contributed by atoms with Gasteiger partial charge in [0.1, 0.15) is 0 Å². The van der Waals surface area contributed by atoms with Gasteiger partial charge in [-0.05, 0) is 54.2 Å². The summed E-state index contributed by atoms with van der Waals surface area (Å²) >= 11 is 0. The van der Waals surface area contributed by atoms with Crippen molar-refractivity contribution in [2.45, 2.75) is 75.5 Å². The molecule has 4 rings (SSSR count). The van der Waals surface area contributed by atoms with E-state index in [0.29, 0.717) is 0 Å². The molecule has 2 fully saturated rings. The zero-order valence-electron chi connectivity index (χ0n) is 14.9. The van der Waals surface area contributed by atoms with E-state index >= 15 is 0 Å². The maximum atomic E-state index is 2.76. The van der Waals surface area contributed by atoms with Crippen molar-refractivity contribution < 1.29 is 0 Å². The van der Waals surface area contributed by atoms with Gasteiger partial charge in [0.15, 0.2) is 0 Å². The predicted molar refractivity (Wildman–Crippen MR) is 103 cm³/mol. The molecule has 124 valence electrons. The predicted octanol–water partition coefficient (Wildman–Crippen LogP) is 6.81. The molecule has 1 atom stereocenters. The van der Waals surface area contributed by atoms with Gasteiger partial charge in [0.25, 0.3) is 0 Å². The van der Waals surface area contributed by atoms with Crippen LogP contribution in [-0.4, -0.2) is 8.07 Å². The molecule has 1 unspecified atom stereocenters. The third-order valence-corrected chi connectivity index (χ3v) is 11.3. The van der Waals surface area contributed by atoms with E-state index in [1.54, 1.807) is 5.57 Å². The molecule has 4 aliphatic rings. The van der Waals surface area contributed by atoms with Crippen molar-refractivity contribution in [3.8, 4) is 0 Å². The van der Waals surface area contributed by atoms with Gasteiger partial charge in [-0.15, -0.1) is 0 Å². The Morgan fingerprint density at radius 2 is 1.39 bits per heavy atom. The molecule has 1 heteroatoms. The van der Waals surface area contributed by atoms with Gasteiger partial charge in [-0.3, -0.25) is 0 Å². The van der Waals surface area contributed by atoms with E-state index in [-0.39, 0.29) is 0 Å². The van der Waals surface area contributed by atoms with Gasteiger partial charge >= 0.3 is 0 Å². The van der Waals surface area contributed by atoms with E-state index in [9.17, 15) is 0 Å². The molecule has 0 heterocycles. The topological polar surface area (TPSA) is 0 Å². The Balaban J connectivity index is 1.65. The summed E-state index contributed by atoms with van der Waals surface area (Å²) in [6, 6.07) is 0. The lowest BCUT2D eigenvalue weighted by Gasteiger charge is -2.36. The highest BCUT2D eigenvalue weighted by Crippen LogP contribution is 2.52. The van der Waals surface area contributed by atoms with E-state index in [1.807, 2.05) is 5.57 Å². The first-order chi connectivity index (χ1) is 11.2. The first-order valence-electron chi connectivity index (χ1n) is 9.94. The lowest BCUT2D eigenvalue weighted by molar-refractivity contribution is 0.626. The van der Waals surface area contributed by atoms with Gasteiger partial charge in [0.2, 0.25) is 0 Å². The summed E-state index contributed by atoms with van der Waals surface area (Å²) in [6.45, 7) is 5.28. The van der Waals surface area contributed by atoms with Crippen molar-refractivity contribution in [1.82, 2.24) is 0 Å². The van der Waals surface area contributed by atoms with E-state index in [2.05, 4.69) is 49.6 Å². The molecule has 0 bridgehead atoms. The zero-order chi connectivity index (χ0) is 15.9. The molecule has 0 aromatic heterocycles. The van der Waals surface area contributed by atoms with Crippen molar-refractivity contribution in [3.63, 3.8) is 0 Å². The molecule has 0 radical (unpaired) electrons. The van der Waals surface area contributed by atoms with Gasteiger partial charge in [-0.2, -0.15) is 0 Å². The largest absolute Gasteiger partial charge is 0.0803 e. The first kappa shape index (κ1) is 15.7. The van der Waals surface area contributed by atoms with Crippen molar-refractivity contribution in [2.75, 3.05) is 0 Å². The molecule has 2 saturated carbocycles. The Kier molecular flexibility index (Phi) is 4.26. The van der Waals surface area contributed by atoms with E-state index in [0.717, 1.165) is 22.9 Å². The average molecular weight is 325 g/mol. The van der Waals surface area contributed by atoms with Gasteiger partial charge < -0.3 is 0 Å². The summed E-state index contributed by atoms with van der Waals surface area (Å²) in [5, 5.41) is 0. The summed E-state index contributed by atoms with van der Waals surface area (Å²) in [7, 11) is -1.38. The van der Waals surface area contributed by atoms with Crippen LogP contribution in [0.1, 0.15) is 51.4 Å². The monoisotopic (exact) mass is 324 g/mol. The summed E-state index contributed by atoms with van der Waals surface area (Å²) in [5.41, 5.74) is 5.12. The van der Waals surface area contributed by atoms with Gasteiger partial charge in [0, 0.05) is 0 Å². The molecule has 0 amide bonds. The molecule has 0 N–H and O–H groups in total. The molecule has 0 saturated heterocycles. The molecule has 0 aromatic carbocycles. The van der Waals surface area contributed by atoms with E-state index < -0.39 is 8.07 Å². The second-order valence-electron chi connectivity index (χ2n) is 8.87. The minimum Gasteiger partial charge on any atom is -0.0803 e. The molecule has 0 aliphatic heterocycles. The van der Waals surface area contributed by atoms with Gasteiger partial charge in [0.05, 0.1) is 8.07 Å². The zero-order valence-corrected chi connectivity index (χ0v) is 15.9. The highest BCUT2D eigenvalue weighted by atomic mass is 28.3. The lowest BCUT2D eigenvalue weighted by atomic mass is 9.95. The van der Waals surface area contributed by atoms with Crippen LogP contribution in [-0.2, 0) is 0 Å². The molecular formula is C22H32Si. The standard InChI is InChI=1S/C22H32Si/c1-23(2,20-13-7-8-14-20)22-16-19(17-9-3-4-10-17)15-21(22)18-11-5-6-12-18/h7-8,13-18,20,22H,3-6,9-12H2,1-2H3. The molecule has 23 heavy (non-hydrogen) atoms. The van der Waals surface area contributed by atoms with Gasteiger partial charge in [-0.1, -0.05) is 80.8 Å².